The standard InChI is InChI=1S/C25H26N6O3/c1-16-11-19-13-20(8-9-22(19)34-16)29-25(28-15-26)30-21-7-2-3-10-31(24(21)33)14-17-5-4-6-18(12-17)23(27)32/h4-6,8-9,11-13,21H,2-3,7,10,14H2,1H3,(H2,27,32)(H2,28,29,30). The summed E-state index contributed by atoms with van der Waals surface area (Å²) < 4.78 is 5.60. The Kier molecular flexibility index (Phi) is 6.78. The number of anilines is 1. The van der Waals surface area contributed by atoms with Crippen LogP contribution in [0.15, 0.2) is 57.9 Å². The van der Waals surface area contributed by atoms with Crippen LogP contribution in [0.2, 0.25) is 0 Å². The van der Waals surface area contributed by atoms with Crippen LogP contribution in [-0.2, 0) is 11.3 Å². The minimum atomic E-state index is -0.634. The Morgan fingerprint density at radius 3 is 2.91 bits per heavy atom. The summed E-state index contributed by atoms with van der Waals surface area (Å²) in [5, 5.41) is 15.8. The number of amides is 2. The van der Waals surface area contributed by atoms with E-state index in [1.165, 1.54) is 0 Å². The lowest BCUT2D eigenvalue weighted by Gasteiger charge is -2.23. The topological polar surface area (TPSA) is 137 Å². The molecule has 1 atom stereocenters. The second-order valence-electron chi connectivity index (χ2n) is 8.29. The van der Waals surface area contributed by atoms with Crippen molar-refractivity contribution in [3.8, 4) is 6.19 Å². The number of nitrogens with two attached hydrogens (primary N) is 1. The van der Waals surface area contributed by atoms with Gasteiger partial charge in [-0.05, 0) is 68.1 Å². The van der Waals surface area contributed by atoms with E-state index in [2.05, 4.69) is 15.6 Å². The first-order valence-corrected chi connectivity index (χ1v) is 11.1. The van der Waals surface area contributed by atoms with E-state index in [1.54, 1.807) is 23.1 Å². The predicted octanol–water partition coefficient (Wildman–Crippen LogP) is 3.26. The molecule has 0 bridgehead atoms. The average molecular weight is 459 g/mol. The number of guanidine groups is 1. The molecular weight excluding hydrogens is 432 g/mol. The number of likely N-dealkylation sites (tertiary alicyclic amines) is 1. The molecule has 4 N–H and O–H groups in total. The minimum absolute atomic E-state index is 0.123. The van der Waals surface area contributed by atoms with Gasteiger partial charge in [-0.25, -0.2) is 4.99 Å². The maximum atomic E-state index is 13.3. The highest BCUT2D eigenvalue weighted by atomic mass is 16.3. The molecule has 0 aliphatic carbocycles. The quantitative estimate of drug-likeness (QED) is 0.232. The maximum absolute atomic E-state index is 13.3. The third kappa shape index (κ3) is 5.35. The molecular formula is C25H26N6O3. The first-order chi connectivity index (χ1) is 16.4. The van der Waals surface area contributed by atoms with E-state index in [9.17, 15) is 14.9 Å². The van der Waals surface area contributed by atoms with Gasteiger partial charge >= 0.3 is 0 Å². The number of furan rings is 1. The van der Waals surface area contributed by atoms with Gasteiger partial charge in [-0.15, -0.1) is 0 Å². The molecule has 3 aromatic rings. The molecule has 2 heterocycles. The van der Waals surface area contributed by atoms with Crippen molar-refractivity contribution in [1.82, 2.24) is 10.2 Å². The fourth-order valence-electron chi connectivity index (χ4n) is 4.10. The van der Waals surface area contributed by atoms with Crippen LogP contribution in [0.3, 0.4) is 0 Å². The molecule has 0 spiro atoms. The van der Waals surface area contributed by atoms with Crippen molar-refractivity contribution in [2.24, 2.45) is 10.7 Å². The third-order valence-corrected chi connectivity index (χ3v) is 5.70. The maximum Gasteiger partial charge on any atom is 0.248 e. The number of benzene rings is 2. The van der Waals surface area contributed by atoms with Crippen LogP contribution >= 0.6 is 0 Å². The molecule has 1 aromatic heterocycles. The average Bonchev–Trinajstić information content (AvgIpc) is 3.10. The molecule has 0 radical (unpaired) electrons. The summed E-state index contributed by atoms with van der Waals surface area (Å²) in [7, 11) is 0. The van der Waals surface area contributed by atoms with Crippen molar-refractivity contribution in [1.29, 1.82) is 5.26 Å². The van der Waals surface area contributed by atoms with Crippen molar-refractivity contribution in [3.05, 3.63) is 65.4 Å². The van der Waals surface area contributed by atoms with Gasteiger partial charge in [-0.1, -0.05) is 12.1 Å². The smallest absolute Gasteiger partial charge is 0.248 e. The zero-order valence-corrected chi connectivity index (χ0v) is 18.9. The Morgan fingerprint density at radius 1 is 1.26 bits per heavy atom. The fourth-order valence-corrected chi connectivity index (χ4v) is 4.10. The summed E-state index contributed by atoms with van der Waals surface area (Å²) >= 11 is 0. The van der Waals surface area contributed by atoms with E-state index in [0.717, 1.165) is 40.8 Å². The third-order valence-electron chi connectivity index (χ3n) is 5.70. The van der Waals surface area contributed by atoms with E-state index in [1.807, 2.05) is 43.4 Å². The minimum Gasteiger partial charge on any atom is -0.461 e. The van der Waals surface area contributed by atoms with E-state index in [-0.39, 0.29) is 11.9 Å². The largest absolute Gasteiger partial charge is 0.461 e. The number of fused-ring (bicyclic) bond motifs is 1. The summed E-state index contributed by atoms with van der Waals surface area (Å²) in [6.45, 7) is 2.83. The number of hydrogen-bond acceptors (Lipinski definition) is 5. The number of aryl methyl sites for hydroxylation is 1. The SMILES string of the molecule is Cc1cc2cc(NC(=NC3CCCCN(Cc4cccc(C(N)=O)c4)C3=O)NC#N)ccc2o1. The highest BCUT2D eigenvalue weighted by Crippen LogP contribution is 2.23. The van der Waals surface area contributed by atoms with E-state index >= 15 is 0 Å². The van der Waals surface area contributed by atoms with Crippen LogP contribution in [0.4, 0.5) is 5.69 Å². The first kappa shape index (κ1) is 22.9. The molecule has 1 aliphatic heterocycles. The number of hydrogen-bond donors (Lipinski definition) is 3. The molecule has 34 heavy (non-hydrogen) atoms. The number of carbonyl (C=O) groups excluding carboxylic acids is 2. The fraction of sp³-hybridized carbons (Fsp3) is 0.280. The molecule has 1 fully saturated rings. The normalized spacial score (nSPS) is 16.7. The number of nitriles is 1. The lowest BCUT2D eigenvalue weighted by atomic mass is 10.1. The summed E-state index contributed by atoms with van der Waals surface area (Å²) in [4.78, 5) is 31.1. The number of rotatable bonds is 5. The molecule has 2 amide bonds. The van der Waals surface area contributed by atoms with Gasteiger partial charge in [0, 0.05) is 29.7 Å². The molecule has 9 heteroatoms. The van der Waals surface area contributed by atoms with E-state index in [0.29, 0.717) is 25.1 Å². The summed E-state index contributed by atoms with van der Waals surface area (Å²) in [5.41, 5.74) is 8.10. The van der Waals surface area contributed by atoms with Gasteiger partial charge < -0.3 is 20.4 Å². The Balaban J connectivity index is 1.53. The Labute approximate surface area is 197 Å². The van der Waals surface area contributed by atoms with Crippen molar-refractivity contribution < 1.29 is 14.0 Å². The van der Waals surface area contributed by atoms with E-state index < -0.39 is 11.9 Å². The van der Waals surface area contributed by atoms with Crippen LogP contribution in [-0.4, -0.2) is 35.3 Å². The van der Waals surface area contributed by atoms with Crippen LogP contribution in [0.25, 0.3) is 11.0 Å². The molecule has 2 aromatic carbocycles. The number of primary amides is 1. The van der Waals surface area contributed by atoms with Gasteiger partial charge in [0.2, 0.25) is 17.8 Å². The Hall–Kier alpha value is -4.32. The number of aliphatic imine (C=N–C) groups is 1. The molecule has 1 saturated heterocycles. The van der Waals surface area contributed by atoms with Gasteiger partial charge in [0.15, 0.2) is 6.19 Å². The zero-order valence-electron chi connectivity index (χ0n) is 18.9. The van der Waals surface area contributed by atoms with Crippen LogP contribution in [0.1, 0.15) is 40.9 Å². The van der Waals surface area contributed by atoms with Crippen molar-refractivity contribution >= 4 is 34.4 Å². The van der Waals surface area contributed by atoms with Gasteiger partial charge in [0.25, 0.3) is 0 Å². The molecule has 174 valence electrons. The van der Waals surface area contributed by atoms with Gasteiger partial charge in [-0.2, -0.15) is 5.26 Å². The van der Waals surface area contributed by atoms with Gasteiger partial charge in [-0.3, -0.25) is 14.9 Å². The van der Waals surface area contributed by atoms with Crippen LogP contribution < -0.4 is 16.4 Å². The zero-order chi connectivity index (χ0) is 24.1. The molecule has 9 nitrogen and oxygen atoms in total. The summed E-state index contributed by atoms with van der Waals surface area (Å²) in [6, 6.07) is 13.8. The highest BCUT2D eigenvalue weighted by molar-refractivity contribution is 5.98. The van der Waals surface area contributed by atoms with Gasteiger partial charge in [0.1, 0.15) is 17.4 Å². The highest BCUT2D eigenvalue weighted by Gasteiger charge is 2.27. The summed E-state index contributed by atoms with van der Waals surface area (Å²) in [6.07, 6.45) is 4.14. The number of carbonyl (C=O) groups is 2. The second kappa shape index (κ2) is 10.1. The molecule has 4 rings (SSSR count). The van der Waals surface area contributed by atoms with Crippen molar-refractivity contribution in [2.45, 2.75) is 38.8 Å². The van der Waals surface area contributed by atoms with Crippen molar-refractivity contribution in [3.63, 3.8) is 0 Å². The molecule has 1 unspecified atom stereocenters. The Bertz CT molecular complexity index is 1290. The number of nitrogens with one attached hydrogen (secondary N) is 2. The van der Waals surface area contributed by atoms with E-state index in [4.69, 9.17) is 10.2 Å². The predicted molar refractivity (Wildman–Crippen MR) is 129 cm³/mol. The van der Waals surface area contributed by atoms with Crippen molar-refractivity contribution in [2.75, 3.05) is 11.9 Å². The lowest BCUT2D eigenvalue weighted by molar-refractivity contribution is -0.132. The number of nitrogens with zero attached hydrogens (tertiary/aromatic N) is 3. The monoisotopic (exact) mass is 458 g/mol. The molecule has 0 saturated carbocycles. The molecule has 1 aliphatic rings. The van der Waals surface area contributed by atoms with Crippen LogP contribution in [0.5, 0.6) is 0 Å². The second-order valence-corrected chi connectivity index (χ2v) is 8.29. The van der Waals surface area contributed by atoms with Crippen LogP contribution in [0, 0.1) is 18.4 Å². The first-order valence-electron chi connectivity index (χ1n) is 11.1. The Morgan fingerprint density at radius 2 is 2.12 bits per heavy atom. The van der Waals surface area contributed by atoms with Gasteiger partial charge in [0.05, 0.1) is 0 Å². The summed E-state index contributed by atoms with van der Waals surface area (Å²) in [5.74, 6) is 0.384. The lowest BCUT2D eigenvalue weighted by Crippen LogP contribution is -2.38.